The first-order valence-electron chi connectivity index (χ1n) is 10.1. The predicted octanol–water partition coefficient (Wildman–Crippen LogP) is 6.12. The van der Waals surface area contributed by atoms with Gasteiger partial charge in [-0.25, -0.2) is 9.59 Å². The van der Waals surface area contributed by atoms with Crippen LogP contribution in [0, 0.1) is 11.8 Å². The van der Waals surface area contributed by atoms with E-state index < -0.39 is 11.9 Å². The fourth-order valence-electron chi connectivity index (χ4n) is 3.38. The highest BCUT2D eigenvalue weighted by molar-refractivity contribution is 6.11. The van der Waals surface area contributed by atoms with E-state index >= 15 is 0 Å². The van der Waals surface area contributed by atoms with Crippen LogP contribution >= 0.6 is 0 Å². The molecule has 2 aromatic rings. The lowest BCUT2D eigenvalue weighted by molar-refractivity contribution is 0.0686. The summed E-state index contributed by atoms with van der Waals surface area (Å²) in [5, 5.41) is 19.8. The van der Waals surface area contributed by atoms with E-state index in [0.29, 0.717) is 16.3 Å². The number of hydrogen-bond donors (Lipinski definition) is 2. The Labute approximate surface area is 166 Å². The topological polar surface area (TPSA) is 74.6 Å². The molecule has 0 unspecified atom stereocenters. The maximum atomic E-state index is 11.8. The summed E-state index contributed by atoms with van der Waals surface area (Å²) >= 11 is 0. The van der Waals surface area contributed by atoms with Gasteiger partial charge in [0.1, 0.15) is 0 Å². The van der Waals surface area contributed by atoms with Crippen molar-refractivity contribution in [3.05, 3.63) is 47.0 Å². The summed E-state index contributed by atoms with van der Waals surface area (Å²) in [4.78, 5) is 23.2. The Hall–Kier alpha value is -2.80. The zero-order valence-corrected chi connectivity index (χ0v) is 16.5. The second-order valence-corrected chi connectivity index (χ2v) is 7.03. The second kappa shape index (κ2) is 11.1. The summed E-state index contributed by atoms with van der Waals surface area (Å²) in [6, 6.07) is 7.93. The van der Waals surface area contributed by atoms with Gasteiger partial charge >= 0.3 is 11.9 Å². The molecule has 0 aliphatic heterocycles. The first-order valence-corrected chi connectivity index (χ1v) is 10.1. The first kappa shape index (κ1) is 21.5. The van der Waals surface area contributed by atoms with E-state index in [1.54, 1.807) is 24.3 Å². The summed E-state index contributed by atoms with van der Waals surface area (Å²) in [7, 11) is 0. The molecule has 4 nitrogen and oxygen atoms in total. The van der Waals surface area contributed by atoms with E-state index in [0.717, 1.165) is 19.3 Å². The number of benzene rings is 2. The SMILES string of the molecule is CCCCCCCCCCC#Cc1ccc2c(C(=O)O)cccc2c1C(=O)O. The third kappa shape index (κ3) is 5.85. The molecule has 0 aliphatic carbocycles. The van der Waals surface area contributed by atoms with Crippen LogP contribution in [0.5, 0.6) is 0 Å². The molecule has 2 N–H and O–H groups in total. The van der Waals surface area contributed by atoms with E-state index in [-0.39, 0.29) is 11.1 Å². The molecule has 0 aromatic heterocycles. The van der Waals surface area contributed by atoms with Gasteiger partial charge in [-0.05, 0) is 29.3 Å². The molecule has 0 amide bonds. The molecule has 2 aromatic carbocycles. The van der Waals surface area contributed by atoms with E-state index in [1.807, 2.05) is 0 Å². The van der Waals surface area contributed by atoms with E-state index in [4.69, 9.17) is 0 Å². The van der Waals surface area contributed by atoms with E-state index in [2.05, 4.69) is 18.8 Å². The fourth-order valence-corrected chi connectivity index (χ4v) is 3.38. The molecule has 28 heavy (non-hydrogen) atoms. The van der Waals surface area contributed by atoms with Gasteiger partial charge in [-0.15, -0.1) is 0 Å². The van der Waals surface area contributed by atoms with Crippen molar-refractivity contribution < 1.29 is 19.8 Å². The number of carboxylic acids is 2. The van der Waals surface area contributed by atoms with E-state index in [1.165, 1.54) is 44.6 Å². The van der Waals surface area contributed by atoms with Crippen molar-refractivity contribution in [2.45, 2.75) is 64.7 Å². The summed E-state index contributed by atoms with van der Waals surface area (Å²) in [6.45, 7) is 2.22. The largest absolute Gasteiger partial charge is 0.478 e. The van der Waals surface area contributed by atoms with Crippen molar-refractivity contribution >= 4 is 22.7 Å². The number of fused-ring (bicyclic) bond motifs is 1. The number of carbonyl (C=O) groups is 2. The molecular weight excluding hydrogens is 352 g/mol. The van der Waals surface area contributed by atoms with Crippen LogP contribution in [0.25, 0.3) is 10.8 Å². The minimum absolute atomic E-state index is 0.0732. The standard InChI is InChI=1S/C24H28O4/c1-2-3-4-5-6-7-8-9-10-11-13-18-16-17-19-20(22(18)24(27)28)14-12-15-21(19)23(25)26/h12,14-17H,2-10H2,1H3,(H,25,26)(H,27,28). The van der Waals surface area contributed by atoms with Crippen molar-refractivity contribution in [2.24, 2.45) is 0 Å². The summed E-state index contributed by atoms with van der Waals surface area (Å²) < 4.78 is 0. The van der Waals surface area contributed by atoms with Crippen molar-refractivity contribution in [1.82, 2.24) is 0 Å². The normalized spacial score (nSPS) is 10.5. The van der Waals surface area contributed by atoms with Crippen molar-refractivity contribution in [2.75, 3.05) is 0 Å². The average Bonchev–Trinajstić information content (AvgIpc) is 2.68. The van der Waals surface area contributed by atoms with Crippen molar-refractivity contribution in [3.8, 4) is 11.8 Å². The summed E-state index contributed by atoms with van der Waals surface area (Å²) in [5.41, 5.74) is 0.601. The number of rotatable bonds is 10. The minimum atomic E-state index is -1.09. The number of carboxylic acid groups (broad SMARTS) is 2. The van der Waals surface area contributed by atoms with Gasteiger partial charge in [-0.2, -0.15) is 0 Å². The molecule has 2 rings (SSSR count). The third-order valence-electron chi connectivity index (χ3n) is 4.88. The Morgan fingerprint density at radius 3 is 2.14 bits per heavy atom. The molecule has 148 valence electrons. The Morgan fingerprint density at radius 1 is 0.821 bits per heavy atom. The quantitative estimate of drug-likeness (QED) is 0.385. The molecule has 0 saturated heterocycles. The van der Waals surface area contributed by atoms with Crippen LogP contribution in [0.2, 0.25) is 0 Å². The molecule has 0 aliphatic rings. The Kier molecular flexibility index (Phi) is 8.55. The zero-order chi connectivity index (χ0) is 20.4. The maximum Gasteiger partial charge on any atom is 0.337 e. The third-order valence-corrected chi connectivity index (χ3v) is 4.88. The van der Waals surface area contributed by atoms with Crippen LogP contribution in [0.1, 0.15) is 91.0 Å². The second-order valence-electron chi connectivity index (χ2n) is 7.03. The summed E-state index contributed by atoms with van der Waals surface area (Å²) in [5.74, 6) is 3.89. The van der Waals surface area contributed by atoms with Gasteiger partial charge in [0.15, 0.2) is 0 Å². The lowest BCUT2D eigenvalue weighted by atomic mass is 9.96. The van der Waals surface area contributed by atoms with Gasteiger partial charge in [-0.3, -0.25) is 0 Å². The van der Waals surface area contributed by atoms with Gasteiger partial charge in [0.05, 0.1) is 11.1 Å². The highest BCUT2D eigenvalue weighted by Gasteiger charge is 2.17. The minimum Gasteiger partial charge on any atom is -0.478 e. The summed E-state index contributed by atoms with van der Waals surface area (Å²) in [6.07, 6.45) is 10.6. The Balaban J connectivity index is 2.04. The lowest BCUT2D eigenvalue weighted by Crippen LogP contribution is -2.04. The molecule has 0 radical (unpaired) electrons. The number of aromatic carboxylic acids is 2. The molecule has 0 saturated carbocycles. The molecule has 0 fully saturated rings. The van der Waals surface area contributed by atoms with Crippen LogP contribution in [0.4, 0.5) is 0 Å². The van der Waals surface area contributed by atoms with Crippen LogP contribution < -0.4 is 0 Å². The predicted molar refractivity (Wildman–Crippen MR) is 112 cm³/mol. The zero-order valence-electron chi connectivity index (χ0n) is 16.5. The van der Waals surface area contributed by atoms with E-state index in [9.17, 15) is 19.8 Å². The van der Waals surface area contributed by atoms with Crippen LogP contribution in [0.15, 0.2) is 30.3 Å². The Morgan fingerprint density at radius 2 is 1.50 bits per heavy atom. The van der Waals surface area contributed by atoms with Crippen LogP contribution in [-0.4, -0.2) is 22.2 Å². The van der Waals surface area contributed by atoms with Gasteiger partial charge < -0.3 is 10.2 Å². The molecule has 4 heteroatoms. The van der Waals surface area contributed by atoms with Gasteiger partial charge in [0, 0.05) is 12.0 Å². The number of hydrogen-bond acceptors (Lipinski definition) is 2. The maximum absolute atomic E-state index is 11.8. The smallest absolute Gasteiger partial charge is 0.337 e. The van der Waals surface area contributed by atoms with Gasteiger partial charge in [0.2, 0.25) is 0 Å². The monoisotopic (exact) mass is 380 g/mol. The average molecular weight is 380 g/mol. The molecule has 0 spiro atoms. The highest BCUT2D eigenvalue weighted by Crippen LogP contribution is 2.25. The van der Waals surface area contributed by atoms with Gasteiger partial charge in [-0.1, -0.05) is 81.9 Å². The van der Waals surface area contributed by atoms with Gasteiger partial charge in [0.25, 0.3) is 0 Å². The number of unbranched alkanes of at least 4 members (excludes halogenated alkanes) is 8. The lowest BCUT2D eigenvalue weighted by Gasteiger charge is -2.07. The molecule has 0 atom stereocenters. The highest BCUT2D eigenvalue weighted by atomic mass is 16.4. The molecule has 0 heterocycles. The molecule has 0 bridgehead atoms. The van der Waals surface area contributed by atoms with Crippen molar-refractivity contribution in [3.63, 3.8) is 0 Å². The Bertz CT molecular complexity index is 887. The van der Waals surface area contributed by atoms with Crippen LogP contribution in [0.3, 0.4) is 0 Å². The van der Waals surface area contributed by atoms with Crippen molar-refractivity contribution in [1.29, 1.82) is 0 Å². The fraction of sp³-hybridized carbons (Fsp3) is 0.417. The first-order chi connectivity index (χ1) is 13.6. The molecular formula is C24H28O4. The van der Waals surface area contributed by atoms with Crippen LogP contribution in [-0.2, 0) is 0 Å².